The Morgan fingerprint density at radius 1 is 1.17 bits per heavy atom. The fraction of sp³-hybridized carbons (Fsp3) is 0.480. The molecule has 0 unspecified atom stereocenters. The Balaban J connectivity index is 1.65. The molecule has 30 heavy (non-hydrogen) atoms. The zero-order valence-corrected chi connectivity index (χ0v) is 20.5. The van der Waals surface area contributed by atoms with E-state index in [1.54, 1.807) is 19.2 Å². The number of nitrogens with one attached hydrogen (secondary N) is 1. The van der Waals surface area contributed by atoms with Crippen molar-refractivity contribution in [2.24, 2.45) is 11.3 Å². The van der Waals surface area contributed by atoms with E-state index in [9.17, 15) is 9.90 Å². The molecule has 1 amide bonds. The number of phenols is 1. The molecule has 0 heterocycles. The molecule has 0 saturated heterocycles. The molecule has 1 aliphatic carbocycles. The zero-order valence-electron chi connectivity index (χ0n) is 18.3. The predicted octanol–water partition coefficient (Wildman–Crippen LogP) is 6.51. The molecule has 1 saturated carbocycles. The van der Waals surface area contributed by atoms with Gasteiger partial charge in [-0.25, -0.2) is 0 Å². The van der Waals surface area contributed by atoms with Gasteiger partial charge in [-0.15, -0.1) is 0 Å². The Bertz CT molecular complexity index is 896. The van der Waals surface area contributed by atoms with Gasteiger partial charge in [0, 0.05) is 11.3 Å². The maximum Gasteiger partial charge on any atom is 0.228 e. The Kier molecular flexibility index (Phi) is 7.32. The number of ether oxygens (including phenoxy) is 1. The smallest absolute Gasteiger partial charge is 0.228 e. The van der Waals surface area contributed by atoms with Crippen LogP contribution in [0.4, 0.5) is 5.69 Å². The number of methoxy groups -OCH3 is 1. The fourth-order valence-corrected chi connectivity index (χ4v) is 5.08. The van der Waals surface area contributed by atoms with Crippen LogP contribution in [-0.2, 0) is 11.2 Å². The Morgan fingerprint density at radius 3 is 2.50 bits per heavy atom. The molecule has 162 valence electrons. The summed E-state index contributed by atoms with van der Waals surface area (Å²) in [6.07, 6.45) is 5.03. The molecular weight excluding hydrogens is 489 g/mol. The van der Waals surface area contributed by atoms with Crippen LogP contribution in [0.15, 0.2) is 36.4 Å². The summed E-state index contributed by atoms with van der Waals surface area (Å²) in [7, 11) is 1.58. The maximum atomic E-state index is 12.6. The number of hydrogen-bond donors (Lipinski definition) is 2. The quantitative estimate of drug-likeness (QED) is 0.442. The minimum atomic E-state index is -0.150. The first-order valence-corrected chi connectivity index (χ1v) is 11.7. The molecule has 0 spiro atoms. The van der Waals surface area contributed by atoms with Gasteiger partial charge in [0.15, 0.2) is 0 Å². The predicted molar refractivity (Wildman–Crippen MR) is 130 cm³/mol. The SMILES string of the molecule is COc1cc(I)c(O)c(CC(=O)Nc2cccc(C3CCC(C(C)(C)C)CC3)c2)c1. The number of rotatable bonds is 5. The third kappa shape index (κ3) is 5.68. The van der Waals surface area contributed by atoms with E-state index in [4.69, 9.17) is 4.74 Å². The lowest BCUT2D eigenvalue weighted by Gasteiger charge is -2.37. The lowest BCUT2D eigenvalue weighted by molar-refractivity contribution is -0.115. The summed E-state index contributed by atoms with van der Waals surface area (Å²) in [5.41, 5.74) is 3.06. The van der Waals surface area contributed by atoms with Crippen LogP contribution in [0.25, 0.3) is 0 Å². The first kappa shape index (κ1) is 22.9. The average molecular weight is 521 g/mol. The van der Waals surface area contributed by atoms with Gasteiger partial charge in [-0.05, 0) is 95.4 Å². The fourth-order valence-electron chi connectivity index (χ4n) is 4.42. The van der Waals surface area contributed by atoms with Gasteiger partial charge in [-0.1, -0.05) is 32.9 Å². The third-order valence-electron chi connectivity index (χ3n) is 6.30. The van der Waals surface area contributed by atoms with Gasteiger partial charge in [-0.2, -0.15) is 0 Å². The minimum absolute atomic E-state index is 0.0972. The van der Waals surface area contributed by atoms with Crippen LogP contribution in [-0.4, -0.2) is 18.1 Å². The molecular formula is C25H32INO3. The number of benzene rings is 2. The number of carbonyl (C=O) groups is 1. The summed E-state index contributed by atoms with van der Waals surface area (Å²) >= 11 is 2.04. The summed E-state index contributed by atoms with van der Waals surface area (Å²) in [6.45, 7) is 7.03. The van der Waals surface area contributed by atoms with E-state index in [2.05, 4.69) is 38.2 Å². The minimum Gasteiger partial charge on any atom is -0.507 e. The molecule has 3 rings (SSSR count). The van der Waals surface area contributed by atoms with E-state index >= 15 is 0 Å². The molecule has 0 atom stereocenters. The monoisotopic (exact) mass is 521 g/mol. The van der Waals surface area contributed by atoms with E-state index in [-0.39, 0.29) is 18.1 Å². The highest BCUT2D eigenvalue weighted by Gasteiger charge is 2.30. The van der Waals surface area contributed by atoms with E-state index in [1.165, 1.54) is 31.2 Å². The molecule has 2 N–H and O–H groups in total. The van der Waals surface area contributed by atoms with Crippen LogP contribution in [0.1, 0.15) is 63.5 Å². The second-order valence-corrected chi connectivity index (χ2v) is 10.5. The Labute approximate surface area is 193 Å². The Morgan fingerprint density at radius 2 is 1.87 bits per heavy atom. The van der Waals surface area contributed by atoms with E-state index < -0.39 is 0 Å². The van der Waals surface area contributed by atoms with Crippen LogP contribution < -0.4 is 10.1 Å². The van der Waals surface area contributed by atoms with Crippen molar-refractivity contribution in [1.29, 1.82) is 0 Å². The highest BCUT2D eigenvalue weighted by Crippen LogP contribution is 2.43. The normalized spacial score (nSPS) is 19.4. The maximum absolute atomic E-state index is 12.6. The molecule has 0 aliphatic heterocycles. The highest BCUT2D eigenvalue weighted by atomic mass is 127. The number of aromatic hydroxyl groups is 1. The largest absolute Gasteiger partial charge is 0.507 e. The van der Waals surface area contributed by atoms with Crippen molar-refractivity contribution < 1.29 is 14.6 Å². The summed E-state index contributed by atoms with van der Waals surface area (Å²) in [5, 5.41) is 13.3. The van der Waals surface area contributed by atoms with Gasteiger partial charge in [-0.3, -0.25) is 4.79 Å². The molecule has 0 aromatic heterocycles. The summed E-state index contributed by atoms with van der Waals surface area (Å²) in [6, 6.07) is 11.7. The Hall–Kier alpha value is -1.76. The molecule has 1 aliphatic rings. The standard InChI is InChI=1S/C25H32INO3/c1-25(2,3)19-10-8-16(9-11-19)17-6-5-7-20(12-17)27-23(28)14-18-13-21(30-4)15-22(26)24(18)29/h5-7,12-13,15-16,19,29H,8-11,14H2,1-4H3,(H,27,28). The topological polar surface area (TPSA) is 58.6 Å². The average Bonchev–Trinajstić information content (AvgIpc) is 2.71. The first-order chi connectivity index (χ1) is 14.2. The van der Waals surface area contributed by atoms with Crippen LogP contribution in [0.2, 0.25) is 0 Å². The molecule has 2 aromatic carbocycles. The van der Waals surface area contributed by atoms with Crippen molar-refractivity contribution >= 4 is 34.2 Å². The van der Waals surface area contributed by atoms with Gasteiger partial charge >= 0.3 is 0 Å². The van der Waals surface area contributed by atoms with Crippen molar-refractivity contribution in [3.05, 3.63) is 51.1 Å². The highest BCUT2D eigenvalue weighted by molar-refractivity contribution is 14.1. The number of carbonyl (C=O) groups excluding carboxylic acids is 1. The first-order valence-electron chi connectivity index (χ1n) is 10.6. The number of hydrogen-bond acceptors (Lipinski definition) is 3. The van der Waals surface area contributed by atoms with Gasteiger partial charge in [0.1, 0.15) is 11.5 Å². The molecule has 1 fully saturated rings. The lowest BCUT2D eigenvalue weighted by Crippen LogP contribution is -2.25. The number of amides is 1. The number of halogens is 1. The molecule has 0 bridgehead atoms. The van der Waals surface area contributed by atoms with E-state index in [0.29, 0.717) is 26.2 Å². The molecule has 2 aromatic rings. The van der Waals surface area contributed by atoms with Crippen LogP contribution in [0.3, 0.4) is 0 Å². The van der Waals surface area contributed by atoms with Crippen molar-refractivity contribution in [3.63, 3.8) is 0 Å². The molecule has 4 nitrogen and oxygen atoms in total. The second-order valence-electron chi connectivity index (χ2n) is 9.38. The van der Waals surface area contributed by atoms with Crippen LogP contribution in [0.5, 0.6) is 11.5 Å². The number of anilines is 1. The second kappa shape index (κ2) is 9.58. The zero-order chi connectivity index (χ0) is 21.9. The summed E-state index contributed by atoms with van der Waals surface area (Å²) in [5.74, 6) is 1.96. The van der Waals surface area contributed by atoms with Crippen molar-refractivity contribution in [3.8, 4) is 11.5 Å². The summed E-state index contributed by atoms with van der Waals surface area (Å²) < 4.78 is 5.92. The van der Waals surface area contributed by atoms with E-state index in [1.807, 2.05) is 34.7 Å². The third-order valence-corrected chi connectivity index (χ3v) is 7.12. The van der Waals surface area contributed by atoms with Gasteiger partial charge in [0.2, 0.25) is 5.91 Å². The van der Waals surface area contributed by atoms with Crippen molar-refractivity contribution in [2.45, 2.75) is 58.8 Å². The summed E-state index contributed by atoms with van der Waals surface area (Å²) in [4.78, 5) is 12.6. The molecule has 5 heteroatoms. The van der Waals surface area contributed by atoms with Crippen molar-refractivity contribution in [2.75, 3.05) is 12.4 Å². The lowest BCUT2D eigenvalue weighted by atomic mass is 9.68. The van der Waals surface area contributed by atoms with Gasteiger partial charge < -0.3 is 15.2 Å². The van der Waals surface area contributed by atoms with Gasteiger partial charge in [0.25, 0.3) is 0 Å². The molecule has 0 radical (unpaired) electrons. The van der Waals surface area contributed by atoms with Crippen molar-refractivity contribution in [1.82, 2.24) is 0 Å². The van der Waals surface area contributed by atoms with E-state index in [0.717, 1.165) is 11.6 Å². The number of phenolic OH excluding ortho intramolecular Hbond substituents is 1. The van der Waals surface area contributed by atoms with Crippen LogP contribution >= 0.6 is 22.6 Å². The van der Waals surface area contributed by atoms with Crippen LogP contribution in [0, 0.1) is 14.9 Å². The van der Waals surface area contributed by atoms with Gasteiger partial charge in [0.05, 0.1) is 17.1 Å².